The van der Waals surface area contributed by atoms with Crippen LogP contribution >= 0.6 is 0 Å². The first-order valence-corrected chi connectivity index (χ1v) is 7.53. The zero-order valence-electron chi connectivity index (χ0n) is 14.1. The molecule has 5 nitrogen and oxygen atoms in total. The highest BCUT2D eigenvalue weighted by atomic mass is 16.5. The lowest BCUT2D eigenvalue weighted by molar-refractivity contribution is 0.287. The highest BCUT2D eigenvalue weighted by Gasteiger charge is 2.16. The number of ether oxygens (including phenoxy) is 1. The fraction of sp³-hybridized carbons (Fsp3) is 0.471. The maximum absolute atomic E-state index is 5.44. The van der Waals surface area contributed by atoms with E-state index in [2.05, 4.69) is 53.7 Å². The van der Waals surface area contributed by atoms with E-state index in [0.29, 0.717) is 6.04 Å². The summed E-state index contributed by atoms with van der Waals surface area (Å²) in [5, 5.41) is 7.95. The first-order chi connectivity index (χ1) is 10.5. The Balaban J connectivity index is 2.03. The Kier molecular flexibility index (Phi) is 5.57. The molecule has 0 unspecified atom stereocenters. The Morgan fingerprint density at radius 3 is 2.55 bits per heavy atom. The second-order valence-electron chi connectivity index (χ2n) is 5.72. The van der Waals surface area contributed by atoms with Crippen LogP contribution in [0, 0.1) is 6.92 Å². The normalized spacial score (nSPS) is 12.6. The van der Waals surface area contributed by atoms with Gasteiger partial charge in [0.2, 0.25) is 5.88 Å². The standard InChI is InChI=1S/C17H26N4O/c1-13-15(17(22-5)21(4)19-13)11-18-12-16(20(2)3)14-9-7-6-8-10-14/h6-10,16,18H,11-12H2,1-5H3/t16-/m0/s1. The summed E-state index contributed by atoms with van der Waals surface area (Å²) >= 11 is 0. The van der Waals surface area contributed by atoms with Gasteiger partial charge in [0, 0.05) is 26.2 Å². The number of likely N-dealkylation sites (N-methyl/N-ethyl adjacent to an activating group) is 1. The molecular formula is C17H26N4O. The Hall–Kier alpha value is -1.85. The molecule has 1 aromatic heterocycles. The summed E-state index contributed by atoms with van der Waals surface area (Å²) in [6.45, 7) is 3.63. The second-order valence-corrected chi connectivity index (χ2v) is 5.72. The van der Waals surface area contributed by atoms with E-state index >= 15 is 0 Å². The number of methoxy groups -OCH3 is 1. The predicted molar refractivity (Wildman–Crippen MR) is 89.1 cm³/mol. The van der Waals surface area contributed by atoms with Crippen LogP contribution < -0.4 is 10.1 Å². The van der Waals surface area contributed by atoms with Crippen molar-refractivity contribution in [3.8, 4) is 5.88 Å². The van der Waals surface area contributed by atoms with Crippen LogP contribution in [-0.4, -0.2) is 42.4 Å². The molecule has 5 heteroatoms. The summed E-state index contributed by atoms with van der Waals surface area (Å²) in [7, 11) is 7.80. The fourth-order valence-corrected chi connectivity index (χ4v) is 2.75. The first kappa shape index (κ1) is 16.5. The molecular weight excluding hydrogens is 276 g/mol. The van der Waals surface area contributed by atoms with Gasteiger partial charge in [-0.05, 0) is 26.6 Å². The first-order valence-electron chi connectivity index (χ1n) is 7.53. The molecule has 1 aromatic carbocycles. The third kappa shape index (κ3) is 3.67. The highest BCUT2D eigenvalue weighted by Crippen LogP contribution is 2.21. The van der Waals surface area contributed by atoms with Crippen LogP contribution in [-0.2, 0) is 13.6 Å². The monoisotopic (exact) mass is 302 g/mol. The van der Waals surface area contributed by atoms with Gasteiger partial charge in [-0.15, -0.1) is 0 Å². The number of benzene rings is 1. The van der Waals surface area contributed by atoms with Gasteiger partial charge in [0.1, 0.15) is 0 Å². The molecule has 1 heterocycles. The van der Waals surface area contributed by atoms with Crippen molar-refractivity contribution in [2.75, 3.05) is 27.7 Å². The summed E-state index contributed by atoms with van der Waals surface area (Å²) in [5.74, 6) is 0.825. The predicted octanol–water partition coefficient (Wildman–Crippen LogP) is 2.13. The quantitative estimate of drug-likeness (QED) is 0.851. The number of aromatic nitrogens is 2. The summed E-state index contributed by atoms with van der Waals surface area (Å²) in [5.41, 5.74) is 3.44. The molecule has 0 bridgehead atoms. The molecule has 2 aromatic rings. The van der Waals surface area contributed by atoms with Crippen LogP contribution in [0.3, 0.4) is 0 Å². The molecule has 0 saturated heterocycles. The molecule has 0 saturated carbocycles. The smallest absolute Gasteiger partial charge is 0.216 e. The minimum Gasteiger partial charge on any atom is -0.481 e. The van der Waals surface area contributed by atoms with Gasteiger partial charge in [-0.1, -0.05) is 30.3 Å². The van der Waals surface area contributed by atoms with Gasteiger partial charge in [0.05, 0.1) is 18.4 Å². The molecule has 0 amide bonds. The largest absolute Gasteiger partial charge is 0.481 e. The minimum atomic E-state index is 0.337. The third-order valence-electron chi connectivity index (χ3n) is 3.93. The van der Waals surface area contributed by atoms with E-state index in [1.54, 1.807) is 11.8 Å². The molecule has 0 aliphatic rings. The number of rotatable bonds is 7. The summed E-state index contributed by atoms with van der Waals surface area (Å²) < 4.78 is 7.22. The van der Waals surface area contributed by atoms with Crippen molar-refractivity contribution in [2.45, 2.75) is 19.5 Å². The number of hydrogen-bond acceptors (Lipinski definition) is 4. The number of nitrogens with zero attached hydrogens (tertiary/aromatic N) is 3. The molecule has 22 heavy (non-hydrogen) atoms. The third-order valence-corrected chi connectivity index (χ3v) is 3.93. The van der Waals surface area contributed by atoms with Crippen molar-refractivity contribution in [1.82, 2.24) is 20.0 Å². The SMILES string of the molecule is COc1c(CNC[C@@H](c2ccccc2)N(C)C)c(C)nn1C. The molecule has 0 radical (unpaired) electrons. The summed E-state index contributed by atoms with van der Waals surface area (Å²) in [6, 6.07) is 10.9. The van der Waals surface area contributed by atoms with Gasteiger partial charge in [0.25, 0.3) is 0 Å². The van der Waals surface area contributed by atoms with Gasteiger partial charge in [-0.25, -0.2) is 4.68 Å². The van der Waals surface area contributed by atoms with E-state index < -0.39 is 0 Å². The highest BCUT2D eigenvalue weighted by molar-refractivity contribution is 5.30. The minimum absolute atomic E-state index is 0.337. The lowest BCUT2D eigenvalue weighted by Gasteiger charge is -2.25. The van der Waals surface area contributed by atoms with Crippen molar-refractivity contribution in [2.24, 2.45) is 7.05 Å². The van der Waals surface area contributed by atoms with Gasteiger partial charge >= 0.3 is 0 Å². The average Bonchev–Trinajstić information content (AvgIpc) is 2.77. The molecule has 2 rings (SSSR count). The van der Waals surface area contributed by atoms with Crippen molar-refractivity contribution < 1.29 is 4.74 Å². The molecule has 0 aliphatic heterocycles. The van der Waals surface area contributed by atoms with Crippen molar-refractivity contribution in [3.63, 3.8) is 0 Å². The van der Waals surface area contributed by atoms with E-state index in [0.717, 1.165) is 30.2 Å². The van der Waals surface area contributed by atoms with Crippen LogP contribution in [0.4, 0.5) is 0 Å². The zero-order chi connectivity index (χ0) is 16.1. The van der Waals surface area contributed by atoms with Crippen LogP contribution in [0.1, 0.15) is 22.9 Å². The van der Waals surface area contributed by atoms with E-state index in [-0.39, 0.29) is 0 Å². The Morgan fingerprint density at radius 2 is 1.95 bits per heavy atom. The van der Waals surface area contributed by atoms with E-state index in [4.69, 9.17) is 4.74 Å². The zero-order valence-corrected chi connectivity index (χ0v) is 14.1. The van der Waals surface area contributed by atoms with E-state index in [1.165, 1.54) is 5.56 Å². The van der Waals surface area contributed by atoms with Crippen molar-refractivity contribution in [3.05, 3.63) is 47.2 Å². The lowest BCUT2D eigenvalue weighted by Crippen LogP contribution is -2.31. The van der Waals surface area contributed by atoms with Crippen LogP contribution in [0.15, 0.2) is 30.3 Å². The molecule has 1 N–H and O–H groups in total. The molecule has 0 aliphatic carbocycles. The maximum atomic E-state index is 5.44. The molecule has 0 spiro atoms. The second kappa shape index (κ2) is 7.42. The maximum Gasteiger partial charge on any atom is 0.216 e. The number of aryl methyl sites for hydroxylation is 2. The van der Waals surface area contributed by atoms with E-state index in [9.17, 15) is 0 Å². The average molecular weight is 302 g/mol. The van der Waals surface area contributed by atoms with Gasteiger partial charge < -0.3 is 15.0 Å². The van der Waals surface area contributed by atoms with Crippen LogP contribution in [0.2, 0.25) is 0 Å². The van der Waals surface area contributed by atoms with Gasteiger partial charge in [0.15, 0.2) is 0 Å². The molecule has 1 atom stereocenters. The number of nitrogens with one attached hydrogen (secondary N) is 1. The fourth-order valence-electron chi connectivity index (χ4n) is 2.75. The van der Waals surface area contributed by atoms with Gasteiger partial charge in [-0.3, -0.25) is 0 Å². The summed E-state index contributed by atoms with van der Waals surface area (Å²) in [4.78, 5) is 2.23. The van der Waals surface area contributed by atoms with Crippen molar-refractivity contribution >= 4 is 0 Å². The van der Waals surface area contributed by atoms with E-state index in [1.807, 2.05) is 20.0 Å². The Bertz CT molecular complexity index is 592. The van der Waals surface area contributed by atoms with Crippen LogP contribution in [0.5, 0.6) is 5.88 Å². The molecule has 0 fully saturated rings. The van der Waals surface area contributed by atoms with Crippen molar-refractivity contribution in [1.29, 1.82) is 0 Å². The van der Waals surface area contributed by atoms with Gasteiger partial charge in [-0.2, -0.15) is 5.10 Å². The topological polar surface area (TPSA) is 42.3 Å². The molecule has 120 valence electrons. The number of hydrogen-bond donors (Lipinski definition) is 1. The summed E-state index contributed by atoms with van der Waals surface area (Å²) in [6.07, 6.45) is 0. The Morgan fingerprint density at radius 1 is 1.27 bits per heavy atom. The Labute approximate surface area is 132 Å². The van der Waals surface area contributed by atoms with Crippen LogP contribution in [0.25, 0.3) is 0 Å². The lowest BCUT2D eigenvalue weighted by atomic mass is 10.1.